The third-order valence-electron chi connectivity index (χ3n) is 4.34. The van der Waals surface area contributed by atoms with Crippen molar-refractivity contribution in [1.29, 1.82) is 0 Å². The molecular formula is C19H20Cl2N2O4S. The fourth-order valence-electron chi connectivity index (χ4n) is 2.98. The molecule has 2 aromatic carbocycles. The van der Waals surface area contributed by atoms with Crippen molar-refractivity contribution in [2.75, 3.05) is 32.8 Å². The van der Waals surface area contributed by atoms with Crippen LogP contribution in [-0.4, -0.2) is 51.5 Å². The summed E-state index contributed by atoms with van der Waals surface area (Å²) in [7, 11) is -3.77. The van der Waals surface area contributed by atoms with E-state index in [2.05, 4.69) is 5.32 Å². The van der Waals surface area contributed by atoms with Crippen LogP contribution in [0.3, 0.4) is 0 Å². The summed E-state index contributed by atoms with van der Waals surface area (Å²) in [6.45, 7) is 1.55. The molecule has 0 spiro atoms. The van der Waals surface area contributed by atoms with Crippen LogP contribution < -0.4 is 5.32 Å². The number of hydrogen-bond acceptors (Lipinski definition) is 4. The topological polar surface area (TPSA) is 75.7 Å². The van der Waals surface area contributed by atoms with Crippen LogP contribution >= 0.6 is 23.2 Å². The number of carbonyl (C=O) groups is 1. The van der Waals surface area contributed by atoms with Crippen LogP contribution in [0.1, 0.15) is 15.9 Å². The highest BCUT2D eigenvalue weighted by Gasteiger charge is 2.29. The highest BCUT2D eigenvalue weighted by atomic mass is 35.5. The normalized spacial score (nSPS) is 15.4. The second kappa shape index (κ2) is 9.24. The number of nitrogens with zero attached hydrogens (tertiary/aromatic N) is 1. The lowest BCUT2D eigenvalue weighted by Gasteiger charge is -2.26. The number of amides is 1. The Kier molecular flexibility index (Phi) is 6.95. The SMILES string of the molecule is O=C(NCCc1cc(Cl)cc(Cl)c1)c1ccccc1S(=O)(=O)N1CCOCC1. The molecule has 0 saturated carbocycles. The van der Waals surface area contributed by atoms with Gasteiger partial charge in [-0.3, -0.25) is 4.79 Å². The highest BCUT2D eigenvalue weighted by Crippen LogP contribution is 2.22. The van der Waals surface area contributed by atoms with Crippen LogP contribution in [0.15, 0.2) is 47.4 Å². The number of benzene rings is 2. The first kappa shape index (κ1) is 21.1. The van der Waals surface area contributed by atoms with Crippen LogP contribution in [0.2, 0.25) is 10.0 Å². The summed E-state index contributed by atoms with van der Waals surface area (Å²) >= 11 is 12.0. The molecule has 6 nitrogen and oxygen atoms in total. The Labute approximate surface area is 174 Å². The van der Waals surface area contributed by atoms with Gasteiger partial charge in [-0.25, -0.2) is 8.42 Å². The molecule has 0 aromatic heterocycles. The molecule has 3 rings (SSSR count). The van der Waals surface area contributed by atoms with E-state index in [9.17, 15) is 13.2 Å². The molecule has 1 aliphatic rings. The van der Waals surface area contributed by atoms with Crippen molar-refractivity contribution in [2.45, 2.75) is 11.3 Å². The molecule has 1 aliphatic heterocycles. The number of hydrogen-bond donors (Lipinski definition) is 1. The second-order valence-corrected chi connectivity index (χ2v) is 9.08. The van der Waals surface area contributed by atoms with Gasteiger partial charge in [0.1, 0.15) is 0 Å². The molecule has 0 radical (unpaired) electrons. The predicted molar refractivity (Wildman–Crippen MR) is 109 cm³/mol. The van der Waals surface area contributed by atoms with Crippen LogP contribution in [0.25, 0.3) is 0 Å². The Balaban J connectivity index is 1.72. The summed E-state index contributed by atoms with van der Waals surface area (Å²) in [5.41, 5.74) is 1.00. The van der Waals surface area contributed by atoms with Gasteiger partial charge < -0.3 is 10.1 Å². The van der Waals surface area contributed by atoms with Gasteiger partial charge in [-0.05, 0) is 42.3 Å². The van der Waals surface area contributed by atoms with E-state index in [-0.39, 0.29) is 23.5 Å². The Morgan fingerprint density at radius 1 is 1.07 bits per heavy atom. The minimum absolute atomic E-state index is 0.000185. The van der Waals surface area contributed by atoms with Crippen molar-refractivity contribution in [3.05, 3.63) is 63.6 Å². The predicted octanol–water partition coefficient (Wildman–Crippen LogP) is 2.99. The molecule has 9 heteroatoms. The average Bonchev–Trinajstić information content (AvgIpc) is 2.68. The maximum atomic E-state index is 12.9. The number of morpholine rings is 1. The summed E-state index contributed by atoms with van der Waals surface area (Å²) < 4.78 is 32.4. The largest absolute Gasteiger partial charge is 0.379 e. The van der Waals surface area contributed by atoms with Crippen LogP contribution in [-0.2, 0) is 21.2 Å². The van der Waals surface area contributed by atoms with Gasteiger partial charge in [-0.1, -0.05) is 35.3 Å². The zero-order valence-electron chi connectivity index (χ0n) is 15.0. The summed E-state index contributed by atoms with van der Waals surface area (Å²) in [4.78, 5) is 12.6. The summed E-state index contributed by atoms with van der Waals surface area (Å²) in [6.07, 6.45) is 0.518. The molecule has 1 N–H and O–H groups in total. The van der Waals surface area contributed by atoms with Crippen LogP contribution in [0.4, 0.5) is 0 Å². The van der Waals surface area contributed by atoms with Crippen LogP contribution in [0.5, 0.6) is 0 Å². The molecule has 1 amide bonds. The van der Waals surface area contributed by atoms with E-state index in [4.69, 9.17) is 27.9 Å². The Bertz CT molecular complexity index is 940. The lowest BCUT2D eigenvalue weighted by molar-refractivity contribution is 0.0730. The Morgan fingerprint density at radius 3 is 2.39 bits per heavy atom. The first-order valence-corrected chi connectivity index (χ1v) is 11.0. The summed E-state index contributed by atoms with van der Waals surface area (Å²) in [5.74, 6) is -0.444. The number of rotatable bonds is 6. The van der Waals surface area contributed by atoms with E-state index in [1.54, 1.807) is 30.3 Å². The van der Waals surface area contributed by atoms with Gasteiger partial charge in [0.15, 0.2) is 0 Å². The number of halogens is 2. The fraction of sp³-hybridized carbons (Fsp3) is 0.316. The van der Waals surface area contributed by atoms with Gasteiger partial charge in [-0.15, -0.1) is 0 Å². The van der Waals surface area contributed by atoms with E-state index >= 15 is 0 Å². The molecule has 0 aliphatic carbocycles. The standard InChI is InChI=1S/C19H20Cl2N2O4S/c20-15-11-14(12-16(21)13-15)5-6-22-19(24)17-3-1-2-4-18(17)28(25,26)23-7-9-27-10-8-23/h1-4,11-13H,5-10H2,(H,22,24). The number of carbonyl (C=O) groups excluding carboxylic acids is 1. The monoisotopic (exact) mass is 442 g/mol. The molecule has 0 bridgehead atoms. The minimum atomic E-state index is -3.77. The molecule has 1 heterocycles. The lowest BCUT2D eigenvalue weighted by Crippen LogP contribution is -2.41. The molecule has 1 saturated heterocycles. The molecule has 0 atom stereocenters. The van der Waals surface area contributed by atoms with E-state index in [0.717, 1.165) is 5.56 Å². The molecule has 0 unspecified atom stereocenters. The molecule has 28 heavy (non-hydrogen) atoms. The number of sulfonamides is 1. The van der Waals surface area contributed by atoms with Gasteiger partial charge in [0.2, 0.25) is 10.0 Å². The first-order valence-electron chi connectivity index (χ1n) is 8.78. The van der Waals surface area contributed by atoms with Crippen molar-refractivity contribution in [3.63, 3.8) is 0 Å². The van der Waals surface area contributed by atoms with Gasteiger partial charge >= 0.3 is 0 Å². The first-order chi connectivity index (χ1) is 13.4. The van der Waals surface area contributed by atoms with Gasteiger partial charge in [0, 0.05) is 29.7 Å². The van der Waals surface area contributed by atoms with Gasteiger partial charge in [0.05, 0.1) is 23.7 Å². The third kappa shape index (κ3) is 5.04. The maximum Gasteiger partial charge on any atom is 0.252 e. The highest BCUT2D eigenvalue weighted by molar-refractivity contribution is 7.89. The second-order valence-electron chi connectivity index (χ2n) is 6.30. The fourth-order valence-corrected chi connectivity index (χ4v) is 5.14. The van der Waals surface area contributed by atoms with Crippen molar-refractivity contribution in [2.24, 2.45) is 0 Å². The Morgan fingerprint density at radius 2 is 1.71 bits per heavy atom. The van der Waals surface area contributed by atoms with Gasteiger partial charge in [0.25, 0.3) is 5.91 Å². The van der Waals surface area contributed by atoms with E-state index in [1.807, 2.05) is 0 Å². The smallest absolute Gasteiger partial charge is 0.252 e. The zero-order valence-corrected chi connectivity index (χ0v) is 17.4. The van der Waals surface area contributed by atoms with Gasteiger partial charge in [-0.2, -0.15) is 4.31 Å². The maximum absolute atomic E-state index is 12.9. The van der Waals surface area contributed by atoms with E-state index < -0.39 is 15.9 Å². The minimum Gasteiger partial charge on any atom is -0.379 e. The molecule has 150 valence electrons. The van der Waals surface area contributed by atoms with E-state index in [0.29, 0.717) is 36.2 Å². The van der Waals surface area contributed by atoms with Crippen molar-refractivity contribution in [3.8, 4) is 0 Å². The van der Waals surface area contributed by atoms with Crippen molar-refractivity contribution >= 4 is 39.1 Å². The molecular weight excluding hydrogens is 423 g/mol. The Hall–Kier alpha value is -1.64. The lowest BCUT2D eigenvalue weighted by atomic mass is 10.1. The molecule has 2 aromatic rings. The molecule has 1 fully saturated rings. The third-order valence-corrected chi connectivity index (χ3v) is 6.73. The average molecular weight is 443 g/mol. The summed E-state index contributed by atoms with van der Waals surface area (Å²) in [5, 5.41) is 3.82. The summed E-state index contributed by atoms with van der Waals surface area (Å²) in [6, 6.07) is 11.4. The van der Waals surface area contributed by atoms with Crippen molar-refractivity contribution in [1.82, 2.24) is 9.62 Å². The zero-order chi connectivity index (χ0) is 20.1. The van der Waals surface area contributed by atoms with Crippen molar-refractivity contribution < 1.29 is 17.9 Å². The number of nitrogens with one attached hydrogen (secondary N) is 1. The number of ether oxygens (including phenoxy) is 1. The quantitative estimate of drug-likeness (QED) is 0.745. The van der Waals surface area contributed by atoms with Crippen LogP contribution in [0, 0.1) is 0 Å². The van der Waals surface area contributed by atoms with E-state index in [1.165, 1.54) is 16.4 Å².